The Hall–Kier alpha value is -1.82. The Morgan fingerprint density at radius 1 is 1.45 bits per heavy atom. The van der Waals surface area contributed by atoms with Gasteiger partial charge in [-0.05, 0) is 30.8 Å². The second-order valence-electron chi connectivity index (χ2n) is 4.70. The normalized spacial score (nSPS) is 19.2. The maximum atomic E-state index is 13.7. The zero-order valence-corrected chi connectivity index (χ0v) is 12.0. The number of rotatable bonds is 1. The molecular weight excluding hydrogens is 277 g/mol. The van der Waals surface area contributed by atoms with Gasteiger partial charge in [0.05, 0.1) is 12.7 Å². The number of fused-ring (bicyclic) bond motifs is 1. The molecule has 4 nitrogen and oxygen atoms in total. The van der Waals surface area contributed by atoms with E-state index in [1.165, 1.54) is 6.07 Å². The fraction of sp³-hybridized carbons (Fsp3) is 0.357. The van der Waals surface area contributed by atoms with E-state index in [4.69, 9.17) is 17.0 Å². The Bertz CT molecular complexity index is 576. The zero-order chi connectivity index (χ0) is 14.1. The van der Waals surface area contributed by atoms with Gasteiger partial charge in [-0.3, -0.25) is 4.90 Å². The van der Waals surface area contributed by atoms with E-state index >= 15 is 0 Å². The van der Waals surface area contributed by atoms with Crippen molar-refractivity contribution in [3.63, 3.8) is 0 Å². The Morgan fingerprint density at radius 3 is 3.10 bits per heavy atom. The molecular formula is C14H16FN3OS. The van der Waals surface area contributed by atoms with Crippen molar-refractivity contribution < 1.29 is 9.13 Å². The minimum atomic E-state index is -0.140. The van der Waals surface area contributed by atoms with E-state index in [1.807, 2.05) is 22.1 Å². The average molecular weight is 293 g/mol. The maximum absolute atomic E-state index is 13.7. The Labute approximate surface area is 122 Å². The van der Waals surface area contributed by atoms with Crippen molar-refractivity contribution in [2.24, 2.45) is 0 Å². The van der Waals surface area contributed by atoms with Crippen LogP contribution in [0.15, 0.2) is 30.3 Å². The summed E-state index contributed by atoms with van der Waals surface area (Å²) in [5.41, 5.74) is 1.67. The van der Waals surface area contributed by atoms with Gasteiger partial charge in [-0.25, -0.2) is 4.39 Å². The number of nitrogens with zero attached hydrogens (tertiary/aromatic N) is 2. The molecule has 0 spiro atoms. The van der Waals surface area contributed by atoms with Gasteiger partial charge < -0.3 is 15.0 Å². The molecule has 20 heavy (non-hydrogen) atoms. The molecule has 0 aromatic heterocycles. The van der Waals surface area contributed by atoms with Crippen molar-refractivity contribution in [2.75, 3.05) is 31.6 Å². The summed E-state index contributed by atoms with van der Waals surface area (Å²) in [6.45, 7) is 2.09. The van der Waals surface area contributed by atoms with Crippen molar-refractivity contribution in [3.8, 4) is 0 Å². The monoisotopic (exact) mass is 293 g/mol. The second kappa shape index (κ2) is 5.28. The van der Waals surface area contributed by atoms with Crippen LogP contribution in [-0.2, 0) is 11.2 Å². The van der Waals surface area contributed by atoms with Crippen LogP contribution in [0.4, 0.5) is 10.1 Å². The number of hydrogen-bond acceptors (Lipinski definition) is 3. The lowest BCUT2D eigenvalue weighted by Gasteiger charge is -2.21. The van der Waals surface area contributed by atoms with Crippen LogP contribution < -0.4 is 10.2 Å². The molecule has 0 unspecified atom stereocenters. The maximum Gasteiger partial charge on any atom is 0.212 e. The third-order valence-corrected chi connectivity index (χ3v) is 3.99. The van der Waals surface area contributed by atoms with E-state index in [2.05, 4.69) is 5.32 Å². The predicted molar refractivity (Wildman–Crippen MR) is 79.8 cm³/mol. The molecule has 1 N–H and O–H groups in total. The van der Waals surface area contributed by atoms with Crippen molar-refractivity contribution in [2.45, 2.75) is 6.42 Å². The van der Waals surface area contributed by atoms with Gasteiger partial charge in [-0.15, -0.1) is 0 Å². The van der Waals surface area contributed by atoms with E-state index in [9.17, 15) is 4.39 Å². The third kappa shape index (κ3) is 2.20. The highest BCUT2D eigenvalue weighted by Crippen LogP contribution is 2.31. The number of nitrogens with one attached hydrogen (secondary N) is 1. The minimum Gasteiger partial charge on any atom is -0.476 e. The minimum absolute atomic E-state index is 0.140. The standard InChI is InChI=1S/C14H16FN3OS/c1-16-14(20)18-7-8-19-13(18)9-17-6-5-10-11(15)3-2-4-12(10)17/h2-4,9H,5-8H2,1H3,(H,16,20). The number of hydrogen-bond donors (Lipinski definition) is 1. The SMILES string of the molecule is CNC(=S)N1CCOC1=CN1CCc2c(F)cccc21. The van der Waals surface area contributed by atoms with Gasteiger partial charge >= 0.3 is 0 Å². The number of halogens is 1. The van der Waals surface area contributed by atoms with Crippen molar-refractivity contribution in [1.82, 2.24) is 10.2 Å². The number of anilines is 1. The summed E-state index contributed by atoms with van der Waals surface area (Å²) in [6, 6.07) is 5.17. The van der Waals surface area contributed by atoms with E-state index in [0.717, 1.165) is 24.3 Å². The molecule has 1 fully saturated rings. The van der Waals surface area contributed by atoms with Gasteiger partial charge in [-0.2, -0.15) is 0 Å². The fourth-order valence-corrected chi connectivity index (χ4v) is 2.74. The van der Waals surface area contributed by atoms with Crippen molar-refractivity contribution in [3.05, 3.63) is 41.7 Å². The van der Waals surface area contributed by atoms with Gasteiger partial charge in [0.25, 0.3) is 0 Å². The molecule has 0 aliphatic carbocycles. The molecule has 3 rings (SSSR count). The first-order chi connectivity index (χ1) is 9.70. The van der Waals surface area contributed by atoms with Gasteiger partial charge in [0.1, 0.15) is 12.4 Å². The van der Waals surface area contributed by atoms with Crippen LogP contribution in [0.3, 0.4) is 0 Å². The van der Waals surface area contributed by atoms with Crippen molar-refractivity contribution >= 4 is 23.0 Å². The summed E-state index contributed by atoms with van der Waals surface area (Å²) in [5.74, 6) is 0.569. The van der Waals surface area contributed by atoms with Crippen LogP contribution in [-0.4, -0.2) is 36.8 Å². The topological polar surface area (TPSA) is 27.7 Å². The highest BCUT2D eigenvalue weighted by molar-refractivity contribution is 7.80. The second-order valence-corrected chi connectivity index (χ2v) is 5.09. The van der Waals surface area contributed by atoms with Crippen LogP contribution in [0.25, 0.3) is 0 Å². The molecule has 0 saturated carbocycles. The molecule has 106 valence electrons. The Balaban J connectivity index is 1.87. The first-order valence-corrected chi connectivity index (χ1v) is 6.99. The lowest BCUT2D eigenvalue weighted by Crippen LogP contribution is -2.35. The summed E-state index contributed by atoms with van der Waals surface area (Å²) in [5, 5.41) is 3.58. The average Bonchev–Trinajstić information content (AvgIpc) is 3.07. The number of thiocarbonyl (C=S) groups is 1. The summed E-state index contributed by atoms with van der Waals surface area (Å²) < 4.78 is 19.3. The van der Waals surface area contributed by atoms with Gasteiger partial charge in [0.15, 0.2) is 5.11 Å². The summed E-state index contributed by atoms with van der Waals surface area (Å²) in [6.07, 6.45) is 2.62. The summed E-state index contributed by atoms with van der Waals surface area (Å²) in [4.78, 5) is 3.93. The lowest BCUT2D eigenvalue weighted by molar-refractivity contribution is 0.251. The molecule has 1 aromatic rings. The molecule has 1 saturated heterocycles. The van der Waals surface area contributed by atoms with Crippen LogP contribution in [0.5, 0.6) is 0 Å². The fourth-order valence-electron chi connectivity index (χ4n) is 2.56. The lowest BCUT2D eigenvalue weighted by atomic mass is 10.1. The Kier molecular flexibility index (Phi) is 3.48. The van der Waals surface area contributed by atoms with Crippen LogP contribution in [0.1, 0.15) is 5.56 Å². The van der Waals surface area contributed by atoms with E-state index in [1.54, 1.807) is 13.1 Å². The molecule has 6 heteroatoms. The first-order valence-electron chi connectivity index (χ1n) is 6.58. The molecule has 0 radical (unpaired) electrons. The summed E-state index contributed by atoms with van der Waals surface area (Å²) in [7, 11) is 1.79. The van der Waals surface area contributed by atoms with Crippen molar-refractivity contribution in [1.29, 1.82) is 0 Å². The molecule has 2 heterocycles. The van der Waals surface area contributed by atoms with Crippen LogP contribution in [0, 0.1) is 5.82 Å². The van der Waals surface area contributed by atoms with Gasteiger partial charge in [-0.1, -0.05) is 6.07 Å². The largest absolute Gasteiger partial charge is 0.476 e. The highest BCUT2D eigenvalue weighted by Gasteiger charge is 2.26. The third-order valence-electron chi connectivity index (χ3n) is 3.56. The zero-order valence-electron chi connectivity index (χ0n) is 11.2. The first kappa shape index (κ1) is 13.2. The Morgan fingerprint density at radius 2 is 2.30 bits per heavy atom. The molecule has 1 aromatic carbocycles. The van der Waals surface area contributed by atoms with E-state index < -0.39 is 0 Å². The number of ether oxygens (including phenoxy) is 1. The molecule has 0 amide bonds. The van der Waals surface area contributed by atoms with E-state index in [0.29, 0.717) is 24.0 Å². The molecule has 2 aliphatic heterocycles. The van der Waals surface area contributed by atoms with Crippen LogP contribution >= 0.6 is 12.2 Å². The predicted octanol–water partition coefficient (Wildman–Crippen LogP) is 1.82. The highest BCUT2D eigenvalue weighted by atomic mass is 32.1. The molecule has 2 aliphatic rings. The summed E-state index contributed by atoms with van der Waals surface area (Å²) >= 11 is 5.25. The van der Waals surface area contributed by atoms with E-state index in [-0.39, 0.29) is 5.82 Å². The number of benzene rings is 1. The van der Waals surface area contributed by atoms with Crippen LogP contribution in [0.2, 0.25) is 0 Å². The molecule has 0 atom stereocenters. The van der Waals surface area contributed by atoms with Gasteiger partial charge in [0.2, 0.25) is 5.88 Å². The van der Waals surface area contributed by atoms with Gasteiger partial charge in [0, 0.05) is 24.8 Å². The quantitative estimate of drug-likeness (QED) is 0.798. The smallest absolute Gasteiger partial charge is 0.212 e. The molecule has 0 bridgehead atoms.